The summed E-state index contributed by atoms with van der Waals surface area (Å²) in [5.41, 5.74) is 3.71. The number of nitro benzene ring substituents is 1. The van der Waals surface area contributed by atoms with Crippen LogP contribution in [0.3, 0.4) is 0 Å². The van der Waals surface area contributed by atoms with E-state index in [2.05, 4.69) is 6.58 Å². The van der Waals surface area contributed by atoms with Gasteiger partial charge in [-0.1, -0.05) is 43.0 Å². The Morgan fingerprint density at radius 3 is 2.75 bits per heavy atom. The van der Waals surface area contributed by atoms with Gasteiger partial charge in [0.2, 0.25) is 6.23 Å². The third kappa shape index (κ3) is 3.58. The van der Waals surface area contributed by atoms with Crippen LogP contribution in [-0.4, -0.2) is 22.3 Å². The van der Waals surface area contributed by atoms with E-state index in [1.54, 1.807) is 18.2 Å². The van der Waals surface area contributed by atoms with Crippen LogP contribution in [0.4, 0.5) is 5.69 Å². The van der Waals surface area contributed by atoms with Gasteiger partial charge in [0, 0.05) is 29.7 Å². The SMILES string of the molecule is C=CCOc1ccc(C2=NN3[C@H](C2)c2ccccc2O[C@H]3c2cccc([N+](=O)[O-])c2)cc1. The van der Waals surface area contributed by atoms with Crippen molar-refractivity contribution in [3.8, 4) is 11.5 Å². The molecular formula is C25H21N3O4. The zero-order chi connectivity index (χ0) is 22.1. The van der Waals surface area contributed by atoms with Crippen LogP contribution < -0.4 is 9.47 Å². The Bertz CT molecular complexity index is 1210. The zero-order valence-corrected chi connectivity index (χ0v) is 17.3. The first-order valence-electron chi connectivity index (χ1n) is 10.3. The minimum absolute atomic E-state index is 0.0177. The topological polar surface area (TPSA) is 77.2 Å². The molecule has 0 amide bonds. The van der Waals surface area contributed by atoms with Gasteiger partial charge in [0.25, 0.3) is 5.69 Å². The number of benzene rings is 3. The number of hydrazone groups is 1. The van der Waals surface area contributed by atoms with E-state index < -0.39 is 11.2 Å². The fraction of sp³-hybridized carbons (Fsp3) is 0.160. The molecule has 2 atom stereocenters. The number of hydrogen-bond donors (Lipinski definition) is 0. The van der Waals surface area contributed by atoms with Gasteiger partial charge in [0.15, 0.2) is 0 Å². The fourth-order valence-electron chi connectivity index (χ4n) is 4.12. The molecule has 0 fully saturated rings. The number of rotatable bonds is 6. The van der Waals surface area contributed by atoms with Crippen molar-refractivity contribution in [1.29, 1.82) is 0 Å². The van der Waals surface area contributed by atoms with Crippen LogP contribution in [0.15, 0.2) is 90.6 Å². The molecule has 2 aliphatic heterocycles. The molecule has 32 heavy (non-hydrogen) atoms. The Morgan fingerprint density at radius 1 is 1.16 bits per heavy atom. The molecule has 7 heteroatoms. The minimum atomic E-state index is -0.553. The molecule has 0 aliphatic carbocycles. The van der Waals surface area contributed by atoms with Crippen molar-refractivity contribution in [1.82, 2.24) is 5.01 Å². The average molecular weight is 427 g/mol. The Hall–Kier alpha value is -4.13. The van der Waals surface area contributed by atoms with Crippen molar-refractivity contribution < 1.29 is 14.4 Å². The molecule has 3 aromatic carbocycles. The summed E-state index contributed by atoms with van der Waals surface area (Å²) < 4.78 is 11.9. The minimum Gasteiger partial charge on any atom is -0.490 e. The second-order valence-corrected chi connectivity index (χ2v) is 7.63. The quantitative estimate of drug-likeness (QED) is 0.299. The van der Waals surface area contributed by atoms with E-state index in [9.17, 15) is 10.1 Å². The van der Waals surface area contributed by atoms with Crippen molar-refractivity contribution >= 4 is 11.4 Å². The van der Waals surface area contributed by atoms with Crippen LogP contribution in [-0.2, 0) is 0 Å². The van der Waals surface area contributed by atoms with Crippen molar-refractivity contribution in [3.05, 3.63) is 112 Å². The van der Waals surface area contributed by atoms with Gasteiger partial charge in [0.05, 0.1) is 16.7 Å². The van der Waals surface area contributed by atoms with E-state index in [0.717, 1.165) is 28.3 Å². The van der Waals surface area contributed by atoms with Crippen molar-refractivity contribution in [3.63, 3.8) is 0 Å². The normalized spacial score (nSPS) is 18.8. The van der Waals surface area contributed by atoms with E-state index in [1.165, 1.54) is 6.07 Å². The van der Waals surface area contributed by atoms with E-state index >= 15 is 0 Å². The molecule has 0 aromatic heterocycles. The lowest BCUT2D eigenvalue weighted by molar-refractivity contribution is -0.385. The lowest BCUT2D eigenvalue weighted by Crippen LogP contribution is -2.33. The van der Waals surface area contributed by atoms with E-state index in [4.69, 9.17) is 14.6 Å². The number of hydrogen-bond acceptors (Lipinski definition) is 6. The molecule has 3 aromatic rings. The third-order valence-electron chi connectivity index (χ3n) is 5.62. The molecule has 2 heterocycles. The molecule has 0 radical (unpaired) electrons. The molecule has 7 nitrogen and oxygen atoms in total. The summed E-state index contributed by atoms with van der Waals surface area (Å²) in [4.78, 5) is 10.9. The number of para-hydroxylation sites is 1. The van der Waals surface area contributed by atoms with Gasteiger partial charge in [-0.25, -0.2) is 5.01 Å². The molecule has 0 bridgehead atoms. The second kappa shape index (κ2) is 8.19. The maximum atomic E-state index is 11.3. The average Bonchev–Trinajstić information content (AvgIpc) is 3.28. The predicted molar refractivity (Wildman–Crippen MR) is 121 cm³/mol. The Labute approximate surface area is 185 Å². The molecular weight excluding hydrogens is 406 g/mol. The van der Waals surface area contributed by atoms with Crippen LogP contribution in [0, 0.1) is 10.1 Å². The summed E-state index contributed by atoms with van der Waals surface area (Å²) in [6.07, 6.45) is 1.86. The number of fused-ring (bicyclic) bond motifs is 3. The number of nitro groups is 1. The predicted octanol–water partition coefficient (Wildman–Crippen LogP) is 5.40. The standard InChI is InChI=1S/C25H21N3O4/c1-2-14-31-20-12-10-17(11-13-20)22-16-23-21-8-3-4-9-24(21)32-25(27(23)26-22)18-6-5-7-19(15-18)28(29)30/h2-13,15,23,25H,1,14,16H2/t23-,25+/m1/s1. The third-order valence-corrected chi connectivity index (χ3v) is 5.62. The van der Waals surface area contributed by atoms with Gasteiger partial charge in [-0.05, 0) is 35.9 Å². The maximum Gasteiger partial charge on any atom is 0.269 e. The lowest BCUT2D eigenvalue weighted by Gasteiger charge is -2.38. The first-order chi connectivity index (χ1) is 15.6. The van der Waals surface area contributed by atoms with Crippen LogP contribution in [0.5, 0.6) is 11.5 Å². The number of ether oxygens (including phenoxy) is 2. The molecule has 0 spiro atoms. The van der Waals surface area contributed by atoms with Crippen molar-refractivity contribution in [2.45, 2.75) is 18.7 Å². The molecule has 0 saturated heterocycles. The molecule has 0 N–H and O–H groups in total. The van der Waals surface area contributed by atoms with Crippen molar-refractivity contribution in [2.75, 3.05) is 6.61 Å². The van der Waals surface area contributed by atoms with E-state index in [0.29, 0.717) is 18.6 Å². The summed E-state index contributed by atoms with van der Waals surface area (Å²) in [6.45, 7) is 4.12. The lowest BCUT2D eigenvalue weighted by atomic mass is 9.96. The first kappa shape index (κ1) is 19.8. The van der Waals surface area contributed by atoms with Crippen LogP contribution >= 0.6 is 0 Å². The van der Waals surface area contributed by atoms with Crippen LogP contribution in [0.1, 0.15) is 35.4 Å². The van der Waals surface area contributed by atoms with Gasteiger partial charge in [-0.15, -0.1) is 0 Å². The fourth-order valence-corrected chi connectivity index (χ4v) is 4.12. The summed E-state index contributed by atoms with van der Waals surface area (Å²) in [5.74, 6) is 1.54. The Morgan fingerprint density at radius 2 is 1.97 bits per heavy atom. The summed E-state index contributed by atoms with van der Waals surface area (Å²) in [5, 5.41) is 18.1. The van der Waals surface area contributed by atoms with Gasteiger partial charge < -0.3 is 9.47 Å². The van der Waals surface area contributed by atoms with Crippen LogP contribution in [0.2, 0.25) is 0 Å². The monoisotopic (exact) mass is 427 g/mol. The Kier molecular flexibility index (Phi) is 5.07. The molecule has 5 rings (SSSR count). The highest BCUT2D eigenvalue weighted by molar-refractivity contribution is 6.02. The number of nitrogens with zero attached hydrogens (tertiary/aromatic N) is 3. The van der Waals surface area contributed by atoms with Gasteiger partial charge >= 0.3 is 0 Å². The first-order valence-corrected chi connectivity index (χ1v) is 10.3. The van der Waals surface area contributed by atoms with Crippen molar-refractivity contribution in [2.24, 2.45) is 5.10 Å². The highest BCUT2D eigenvalue weighted by atomic mass is 16.6. The molecule has 160 valence electrons. The molecule has 0 saturated carbocycles. The van der Waals surface area contributed by atoms with E-state index in [-0.39, 0.29) is 11.7 Å². The summed E-state index contributed by atoms with van der Waals surface area (Å²) in [6, 6.07) is 22.2. The molecule has 0 unspecified atom stereocenters. The zero-order valence-electron chi connectivity index (χ0n) is 17.3. The van der Waals surface area contributed by atoms with Gasteiger partial charge in [-0.2, -0.15) is 5.10 Å². The maximum absolute atomic E-state index is 11.3. The number of non-ortho nitro benzene ring substituents is 1. The summed E-state index contributed by atoms with van der Waals surface area (Å²) in [7, 11) is 0. The Balaban J connectivity index is 1.51. The summed E-state index contributed by atoms with van der Waals surface area (Å²) >= 11 is 0. The highest BCUT2D eigenvalue weighted by Crippen LogP contribution is 2.47. The molecule has 2 aliphatic rings. The highest BCUT2D eigenvalue weighted by Gasteiger charge is 2.41. The van der Waals surface area contributed by atoms with Gasteiger partial charge in [-0.3, -0.25) is 10.1 Å². The largest absolute Gasteiger partial charge is 0.490 e. The van der Waals surface area contributed by atoms with E-state index in [1.807, 2.05) is 59.6 Å². The van der Waals surface area contributed by atoms with Gasteiger partial charge in [0.1, 0.15) is 18.1 Å². The smallest absolute Gasteiger partial charge is 0.269 e. The van der Waals surface area contributed by atoms with Crippen LogP contribution in [0.25, 0.3) is 0 Å². The second-order valence-electron chi connectivity index (χ2n) is 7.63.